The largest absolute Gasteiger partial charge is 0.486 e. The predicted octanol–water partition coefficient (Wildman–Crippen LogP) is 3.42. The van der Waals surface area contributed by atoms with Crippen molar-refractivity contribution < 1.29 is 28.5 Å². The number of hydrogen-bond donors (Lipinski definition) is 0. The van der Waals surface area contributed by atoms with E-state index in [0.717, 1.165) is 5.56 Å². The van der Waals surface area contributed by atoms with Crippen LogP contribution < -0.4 is 9.47 Å². The first kappa shape index (κ1) is 18.9. The van der Waals surface area contributed by atoms with Crippen LogP contribution in [-0.4, -0.2) is 37.7 Å². The Morgan fingerprint density at radius 3 is 2.33 bits per heavy atom. The van der Waals surface area contributed by atoms with Crippen LogP contribution in [0.25, 0.3) is 0 Å². The number of fused-ring (bicyclic) bond motifs is 1. The van der Waals surface area contributed by atoms with Gasteiger partial charge in [-0.1, -0.05) is 12.1 Å². The minimum absolute atomic E-state index is 0.140. The summed E-state index contributed by atoms with van der Waals surface area (Å²) in [6.45, 7) is 5.00. The monoisotopic (exact) mass is 370 g/mol. The lowest BCUT2D eigenvalue weighted by atomic mass is 10.1. The fourth-order valence-corrected chi connectivity index (χ4v) is 2.51. The molecular formula is C21H22O6. The Hall–Kier alpha value is -2.86. The lowest BCUT2D eigenvalue weighted by molar-refractivity contribution is 0.0474. The molecule has 0 aromatic heterocycles. The Balaban J connectivity index is 1.54. The number of rotatable bonds is 7. The molecule has 0 aliphatic carbocycles. The molecule has 0 N–H and O–H groups in total. The van der Waals surface area contributed by atoms with E-state index < -0.39 is 5.97 Å². The summed E-state index contributed by atoms with van der Waals surface area (Å²) in [7, 11) is 0. The number of ketones is 1. The predicted molar refractivity (Wildman–Crippen MR) is 98.4 cm³/mol. The molecule has 1 aliphatic heterocycles. The molecule has 0 saturated carbocycles. The Morgan fingerprint density at radius 1 is 0.963 bits per heavy atom. The molecule has 6 heteroatoms. The zero-order chi connectivity index (χ0) is 19.2. The van der Waals surface area contributed by atoms with E-state index >= 15 is 0 Å². The highest BCUT2D eigenvalue weighted by molar-refractivity contribution is 5.99. The van der Waals surface area contributed by atoms with Crippen LogP contribution in [0.2, 0.25) is 0 Å². The Bertz CT molecular complexity index is 810. The van der Waals surface area contributed by atoms with Gasteiger partial charge in [-0.2, -0.15) is 0 Å². The van der Waals surface area contributed by atoms with Crippen LogP contribution in [0.1, 0.15) is 40.1 Å². The van der Waals surface area contributed by atoms with E-state index in [1.54, 1.807) is 30.3 Å². The average Bonchev–Trinajstić information content (AvgIpc) is 2.70. The molecule has 0 atom stereocenters. The molecule has 0 bridgehead atoms. The van der Waals surface area contributed by atoms with Crippen LogP contribution in [0.3, 0.4) is 0 Å². The van der Waals surface area contributed by atoms with Crippen molar-refractivity contribution in [1.82, 2.24) is 0 Å². The number of carbonyl (C=O) groups is 2. The van der Waals surface area contributed by atoms with Gasteiger partial charge in [-0.3, -0.25) is 4.79 Å². The summed E-state index contributed by atoms with van der Waals surface area (Å²) >= 11 is 0. The molecule has 0 fully saturated rings. The summed E-state index contributed by atoms with van der Waals surface area (Å²) in [6.07, 6.45) is 0.140. The number of benzene rings is 2. The molecule has 0 saturated heterocycles. The zero-order valence-corrected chi connectivity index (χ0v) is 15.4. The molecule has 2 aromatic carbocycles. The average molecular weight is 370 g/mol. The Labute approximate surface area is 158 Å². The van der Waals surface area contributed by atoms with Crippen LogP contribution in [0.15, 0.2) is 42.5 Å². The fourth-order valence-electron chi connectivity index (χ4n) is 2.51. The third kappa shape index (κ3) is 5.08. The highest BCUT2D eigenvalue weighted by atomic mass is 16.6. The molecular weight excluding hydrogens is 348 g/mol. The highest BCUT2D eigenvalue weighted by Crippen LogP contribution is 2.30. The Morgan fingerprint density at radius 2 is 1.63 bits per heavy atom. The maximum atomic E-state index is 12.3. The van der Waals surface area contributed by atoms with Crippen molar-refractivity contribution in [3.05, 3.63) is 59.2 Å². The molecule has 0 unspecified atom stereocenters. The van der Waals surface area contributed by atoms with E-state index in [0.29, 0.717) is 42.4 Å². The van der Waals surface area contributed by atoms with E-state index in [1.165, 1.54) is 0 Å². The SMILES string of the molecule is CC(C)OCc1ccc(C(=O)OCC(=O)c2ccc3c(c2)OCCO3)cc1. The lowest BCUT2D eigenvalue weighted by Crippen LogP contribution is -2.17. The lowest BCUT2D eigenvalue weighted by Gasteiger charge is -2.18. The van der Waals surface area contributed by atoms with Crippen LogP contribution in [-0.2, 0) is 16.1 Å². The first-order valence-electron chi connectivity index (χ1n) is 8.83. The maximum absolute atomic E-state index is 12.3. The van der Waals surface area contributed by atoms with Crippen molar-refractivity contribution >= 4 is 11.8 Å². The number of hydrogen-bond acceptors (Lipinski definition) is 6. The molecule has 1 heterocycles. The summed E-state index contributed by atoms with van der Waals surface area (Å²) in [5, 5.41) is 0. The van der Waals surface area contributed by atoms with Gasteiger partial charge in [-0.25, -0.2) is 4.79 Å². The van der Waals surface area contributed by atoms with Gasteiger partial charge in [0.05, 0.1) is 18.3 Å². The summed E-state index contributed by atoms with van der Waals surface area (Å²) in [4.78, 5) is 24.4. The van der Waals surface area contributed by atoms with Crippen molar-refractivity contribution in [1.29, 1.82) is 0 Å². The minimum Gasteiger partial charge on any atom is -0.486 e. The van der Waals surface area contributed by atoms with Gasteiger partial charge in [0, 0.05) is 5.56 Å². The molecule has 2 aromatic rings. The second kappa shape index (κ2) is 8.68. The third-order valence-electron chi connectivity index (χ3n) is 3.97. The summed E-state index contributed by atoms with van der Waals surface area (Å²) in [5.41, 5.74) is 1.76. The zero-order valence-electron chi connectivity index (χ0n) is 15.4. The maximum Gasteiger partial charge on any atom is 0.338 e. The van der Waals surface area contributed by atoms with Crippen molar-refractivity contribution in [2.75, 3.05) is 19.8 Å². The van der Waals surface area contributed by atoms with Crippen LogP contribution in [0.5, 0.6) is 11.5 Å². The van der Waals surface area contributed by atoms with Gasteiger partial charge in [0.2, 0.25) is 0 Å². The minimum atomic E-state index is -0.544. The second-order valence-electron chi connectivity index (χ2n) is 6.41. The molecule has 0 spiro atoms. The first-order valence-corrected chi connectivity index (χ1v) is 8.83. The topological polar surface area (TPSA) is 71.1 Å². The number of carbonyl (C=O) groups excluding carboxylic acids is 2. The highest BCUT2D eigenvalue weighted by Gasteiger charge is 2.16. The van der Waals surface area contributed by atoms with Gasteiger partial charge < -0.3 is 18.9 Å². The Kier molecular flexibility index (Phi) is 6.08. The standard InChI is InChI=1S/C21H22O6/c1-14(2)26-12-15-3-5-16(6-4-15)21(23)27-13-18(22)17-7-8-19-20(11-17)25-10-9-24-19/h3-8,11,14H,9-10,12-13H2,1-2H3. The first-order chi connectivity index (χ1) is 13.0. The van der Waals surface area contributed by atoms with Gasteiger partial charge >= 0.3 is 5.97 Å². The van der Waals surface area contributed by atoms with Crippen LogP contribution in [0, 0.1) is 0 Å². The number of esters is 1. The second-order valence-corrected chi connectivity index (χ2v) is 6.41. The van der Waals surface area contributed by atoms with E-state index in [2.05, 4.69) is 0 Å². The van der Waals surface area contributed by atoms with E-state index in [4.69, 9.17) is 18.9 Å². The molecule has 0 amide bonds. The quantitative estimate of drug-likeness (QED) is 0.549. The molecule has 27 heavy (non-hydrogen) atoms. The molecule has 3 rings (SSSR count). The van der Waals surface area contributed by atoms with Crippen molar-refractivity contribution in [2.24, 2.45) is 0 Å². The normalized spacial score (nSPS) is 12.7. The summed E-state index contributed by atoms with van der Waals surface area (Å²) in [6, 6.07) is 11.9. The van der Waals surface area contributed by atoms with E-state index in [-0.39, 0.29) is 18.5 Å². The van der Waals surface area contributed by atoms with Crippen molar-refractivity contribution in [2.45, 2.75) is 26.6 Å². The molecule has 6 nitrogen and oxygen atoms in total. The van der Waals surface area contributed by atoms with Gasteiger partial charge in [0.1, 0.15) is 13.2 Å². The van der Waals surface area contributed by atoms with Gasteiger partial charge in [-0.05, 0) is 49.7 Å². The summed E-state index contributed by atoms with van der Waals surface area (Å²) in [5.74, 6) is 0.286. The van der Waals surface area contributed by atoms with Crippen LogP contribution in [0.4, 0.5) is 0 Å². The van der Waals surface area contributed by atoms with E-state index in [1.807, 2.05) is 26.0 Å². The number of Topliss-reactive ketones (excluding diaryl/α,β-unsaturated/α-hetero) is 1. The molecule has 0 radical (unpaired) electrons. The summed E-state index contributed by atoms with van der Waals surface area (Å²) < 4.78 is 21.5. The van der Waals surface area contributed by atoms with E-state index in [9.17, 15) is 9.59 Å². The smallest absolute Gasteiger partial charge is 0.338 e. The van der Waals surface area contributed by atoms with Gasteiger partial charge in [-0.15, -0.1) is 0 Å². The van der Waals surface area contributed by atoms with Crippen LogP contribution >= 0.6 is 0 Å². The van der Waals surface area contributed by atoms with Crippen molar-refractivity contribution in [3.8, 4) is 11.5 Å². The molecule has 142 valence electrons. The fraction of sp³-hybridized carbons (Fsp3) is 0.333. The van der Waals surface area contributed by atoms with Gasteiger partial charge in [0.25, 0.3) is 0 Å². The van der Waals surface area contributed by atoms with Gasteiger partial charge in [0.15, 0.2) is 23.9 Å². The van der Waals surface area contributed by atoms with Crippen molar-refractivity contribution in [3.63, 3.8) is 0 Å². The third-order valence-corrected chi connectivity index (χ3v) is 3.97. The number of ether oxygens (including phenoxy) is 4. The molecule has 1 aliphatic rings.